The molecule has 11 nitrogen and oxygen atoms in total. The van der Waals surface area contributed by atoms with E-state index in [4.69, 9.17) is 10.5 Å². The Hall–Kier alpha value is -3.38. The third-order valence-electron chi connectivity index (χ3n) is 6.84. The fraction of sp³-hybridized carbons (Fsp3) is 0.458. The van der Waals surface area contributed by atoms with E-state index in [1.807, 2.05) is 11.0 Å². The summed E-state index contributed by atoms with van der Waals surface area (Å²) >= 11 is 0. The monoisotopic (exact) mass is 513 g/mol. The predicted octanol–water partition coefficient (Wildman–Crippen LogP) is 1.14. The first-order chi connectivity index (χ1) is 17.3. The number of fused-ring (bicyclic) bond motifs is 1. The number of nitrogens with two attached hydrogens (primary N) is 1. The summed E-state index contributed by atoms with van der Waals surface area (Å²) in [5.74, 6) is 1.48. The van der Waals surface area contributed by atoms with Crippen LogP contribution in [0.4, 0.5) is 11.5 Å². The largest absolute Gasteiger partial charge is 0.492 e. The van der Waals surface area contributed by atoms with Gasteiger partial charge in [-0.1, -0.05) is 6.07 Å². The van der Waals surface area contributed by atoms with Crippen molar-refractivity contribution in [3.05, 3.63) is 47.7 Å². The summed E-state index contributed by atoms with van der Waals surface area (Å²) in [6, 6.07) is 8.78. The number of aromatic nitrogens is 1. The highest BCUT2D eigenvalue weighted by Gasteiger charge is 2.27. The van der Waals surface area contributed by atoms with Crippen molar-refractivity contribution in [3.63, 3.8) is 0 Å². The Labute approximate surface area is 211 Å². The van der Waals surface area contributed by atoms with Crippen molar-refractivity contribution in [2.75, 3.05) is 62.5 Å². The van der Waals surface area contributed by atoms with E-state index in [-0.39, 0.29) is 17.7 Å². The first-order valence-corrected chi connectivity index (χ1v) is 13.6. The minimum absolute atomic E-state index is 0.0485. The normalized spacial score (nSPS) is 21.8. The van der Waals surface area contributed by atoms with Gasteiger partial charge < -0.3 is 25.2 Å². The van der Waals surface area contributed by atoms with Gasteiger partial charge in [-0.25, -0.2) is 4.98 Å². The summed E-state index contributed by atoms with van der Waals surface area (Å²) in [4.78, 5) is 23.9. The molecular weight excluding hydrogens is 482 g/mol. The van der Waals surface area contributed by atoms with Crippen LogP contribution in [-0.2, 0) is 10.2 Å². The van der Waals surface area contributed by atoms with Crippen LogP contribution in [0.25, 0.3) is 0 Å². The van der Waals surface area contributed by atoms with Crippen LogP contribution in [0.2, 0.25) is 0 Å². The van der Waals surface area contributed by atoms with Crippen LogP contribution in [0.1, 0.15) is 28.8 Å². The first kappa shape index (κ1) is 24.3. The number of amidine groups is 1. The number of piperidine rings is 1. The average molecular weight is 514 g/mol. The highest BCUT2D eigenvalue weighted by atomic mass is 32.2. The molecule has 1 amide bonds. The van der Waals surface area contributed by atoms with Gasteiger partial charge in [0.05, 0.1) is 17.9 Å². The number of anilines is 2. The molecule has 0 radical (unpaired) electrons. The zero-order chi connectivity index (χ0) is 25.3. The highest BCUT2D eigenvalue weighted by Crippen LogP contribution is 2.31. The lowest BCUT2D eigenvalue weighted by atomic mass is 9.98. The number of carbonyl (C=O) groups excluding carboxylic acids is 1. The molecule has 2 aromatic rings. The van der Waals surface area contributed by atoms with Crippen LogP contribution < -0.4 is 20.1 Å². The molecule has 3 aliphatic rings. The van der Waals surface area contributed by atoms with Crippen molar-refractivity contribution >= 4 is 33.5 Å². The summed E-state index contributed by atoms with van der Waals surface area (Å²) in [6.07, 6.45) is 3.67. The molecule has 2 saturated heterocycles. The molecule has 0 bridgehead atoms. The Bertz CT molecular complexity index is 1270. The van der Waals surface area contributed by atoms with Crippen LogP contribution >= 0.6 is 0 Å². The molecular formula is C24H31N7O4S. The zero-order valence-corrected chi connectivity index (χ0v) is 21.1. The minimum Gasteiger partial charge on any atom is -0.492 e. The van der Waals surface area contributed by atoms with Crippen molar-refractivity contribution in [1.29, 1.82) is 0 Å². The van der Waals surface area contributed by atoms with Crippen molar-refractivity contribution in [1.82, 2.24) is 14.8 Å². The molecule has 1 aromatic carbocycles. The number of hydrogen-bond donors (Lipinski definition) is 2. The van der Waals surface area contributed by atoms with Gasteiger partial charge in [0.2, 0.25) is 0 Å². The van der Waals surface area contributed by atoms with Gasteiger partial charge in [0, 0.05) is 56.9 Å². The van der Waals surface area contributed by atoms with Gasteiger partial charge in [-0.15, -0.1) is 4.40 Å². The number of hydrogen-bond acceptors (Lipinski definition) is 8. The molecule has 1 atom stereocenters. The van der Waals surface area contributed by atoms with E-state index in [0.29, 0.717) is 29.2 Å². The summed E-state index contributed by atoms with van der Waals surface area (Å²) < 4.78 is 35.7. The van der Waals surface area contributed by atoms with Crippen LogP contribution in [0.3, 0.4) is 0 Å². The molecule has 0 aliphatic carbocycles. The smallest absolute Gasteiger partial charge is 0.344 e. The van der Waals surface area contributed by atoms with Gasteiger partial charge in [0.25, 0.3) is 5.91 Å². The number of carbonyl (C=O) groups is 1. The Morgan fingerprint density at radius 2 is 2.00 bits per heavy atom. The zero-order valence-electron chi connectivity index (χ0n) is 20.3. The van der Waals surface area contributed by atoms with Gasteiger partial charge >= 0.3 is 10.2 Å². The van der Waals surface area contributed by atoms with Gasteiger partial charge in [0.15, 0.2) is 5.84 Å². The predicted molar refractivity (Wildman–Crippen MR) is 138 cm³/mol. The number of benzene rings is 1. The van der Waals surface area contributed by atoms with Crippen LogP contribution in [0.5, 0.6) is 5.75 Å². The summed E-state index contributed by atoms with van der Waals surface area (Å²) in [5, 5.41) is 0. The van der Waals surface area contributed by atoms with Gasteiger partial charge in [-0.2, -0.15) is 8.42 Å². The molecule has 192 valence electrons. The lowest BCUT2D eigenvalue weighted by Crippen LogP contribution is -2.47. The average Bonchev–Trinajstić information content (AvgIpc) is 2.87. The molecule has 0 spiro atoms. The molecule has 5 rings (SSSR count). The van der Waals surface area contributed by atoms with Crippen LogP contribution in [-0.4, -0.2) is 87.9 Å². The second-order valence-electron chi connectivity index (χ2n) is 9.50. The maximum absolute atomic E-state index is 13.0. The summed E-state index contributed by atoms with van der Waals surface area (Å²) in [5.41, 5.74) is 7.41. The Kier molecular flexibility index (Phi) is 6.71. The van der Waals surface area contributed by atoms with E-state index in [0.717, 1.165) is 57.9 Å². The number of amides is 1. The number of piperazine rings is 1. The maximum Gasteiger partial charge on any atom is 0.344 e. The third kappa shape index (κ3) is 5.24. The van der Waals surface area contributed by atoms with Crippen molar-refractivity contribution in [2.45, 2.75) is 12.8 Å². The number of nitrogens with one attached hydrogen (secondary N) is 1. The molecule has 3 aliphatic heterocycles. The van der Waals surface area contributed by atoms with Crippen LogP contribution in [0, 0.1) is 5.92 Å². The molecule has 2 fully saturated rings. The first-order valence-electron chi connectivity index (χ1n) is 12.1. The number of pyridine rings is 1. The Balaban J connectivity index is 1.24. The second-order valence-corrected chi connectivity index (χ2v) is 10.8. The van der Waals surface area contributed by atoms with Gasteiger partial charge in [-0.3, -0.25) is 9.52 Å². The molecule has 12 heteroatoms. The fourth-order valence-corrected chi connectivity index (χ4v) is 5.71. The lowest BCUT2D eigenvalue weighted by Gasteiger charge is -2.34. The van der Waals surface area contributed by atoms with Gasteiger partial charge in [-0.05, 0) is 44.2 Å². The number of ether oxygens (including phenoxy) is 1. The minimum atomic E-state index is -3.84. The molecule has 3 N–H and O–H groups in total. The Morgan fingerprint density at radius 1 is 1.19 bits per heavy atom. The quantitative estimate of drug-likeness (QED) is 0.608. The van der Waals surface area contributed by atoms with Gasteiger partial charge in [0.1, 0.15) is 11.6 Å². The van der Waals surface area contributed by atoms with Crippen molar-refractivity contribution in [3.8, 4) is 5.75 Å². The summed E-state index contributed by atoms with van der Waals surface area (Å²) in [6.45, 7) is 5.26. The van der Waals surface area contributed by atoms with E-state index >= 15 is 0 Å². The Morgan fingerprint density at radius 3 is 2.81 bits per heavy atom. The molecule has 0 unspecified atom stereocenters. The topological polar surface area (TPSA) is 133 Å². The van der Waals surface area contributed by atoms with E-state index in [1.54, 1.807) is 30.5 Å². The standard InChI is InChI=1S/C24H31N7O4S/c1-29-10-12-30(13-11-29)24(32)18-7-8-26-21(14-18)31-9-3-4-17(15-31)16-35-20-6-2-5-19-22(20)23(25)28-36(33,34)27-19/h2,5-8,14,17,27H,3-4,9-13,15-16H2,1H3,(H2,25,28)/t17-/m0/s1. The molecule has 0 saturated carbocycles. The van der Waals surface area contributed by atoms with Crippen LogP contribution in [0.15, 0.2) is 40.9 Å². The molecule has 36 heavy (non-hydrogen) atoms. The van der Waals surface area contributed by atoms with E-state index < -0.39 is 10.2 Å². The van der Waals surface area contributed by atoms with E-state index in [9.17, 15) is 13.2 Å². The maximum atomic E-state index is 13.0. The van der Waals surface area contributed by atoms with Crippen molar-refractivity contribution < 1.29 is 17.9 Å². The number of likely N-dealkylation sites (N-methyl/N-ethyl adjacent to an activating group) is 1. The number of rotatable bonds is 5. The fourth-order valence-electron chi connectivity index (χ4n) is 4.87. The summed E-state index contributed by atoms with van der Waals surface area (Å²) in [7, 11) is -1.77. The van der Waals surface area contributed by atoms with E-state index in [1.165, 1.54) is 0 Å². The lowest BCUT2D eigenvalue weighted by molar-refractivity contribution is 0.0664. The second kappa shape index (κ2) is 9.94. The molecule has 4 heterocycles. The van der Waals surface area contributed by atoms with E-state index in [2.05, 4.69) is 31.0 Å². The third-order valence-corrected chi connectivity index (χ3v) is 7.76. The van der Waals surface area contributed by atoms with Crippen molar-refractivity contribution in [2.24, 2.45) is 16.0 Å². The SMILES string of the molecule is CN1CCN(C(=O)c2ccnc(N3CCC[C@H](COc4cccc5c4C(N)=NS(=O)(=O)N5)C3)c2)CC1. The number of nitrogens with zero attached hydrogens (tertiary/aromatic N) is 5. The molecule has 1 aromatic heterocycles. The highest BCUT2D eigenvalue weighted by molar-refractivity contribution is 7.91.